The van der Waals surface area contributed by atoms with Crippen LogP contribution in [-0.2, 0) is 24.2 Å². The molecule has 53 heavy (non-hydrogen) atoms. The quantitative estimate of drug-likeness (QED) is 0.138. The molecule has 1 aliphatic heterocycles. The van der Waals surface area contributed by atoms with Crippen LogP contribution in [0.25, 0.3) is 22.3 Å². The molecular formula is C40H36Cl3F2N3O5. The summed E-state index contributed by atoms with van der Waals surface area (Å²) >= 11 is 18.0. The minimum Gasteiger partial charge on any atom is -0.489 e. The maximum atomic E-state index is 12.6. The van der Waals surface area contributed by atoms with Crippen molar-refractivity contribution < 1.29 is 33.0 Å². The SMILES string of the molecule is CC1(C)Cc2c(-c3ccccc3)c(-c3ccc(Cl)cc3)c(CC(=O)O)n2C1.O=C(Nc1c(Cl)cncc1Cl)c1ccc(OC(F)F)c(OCC2CC2)c1. The Labute approximate surface area is 320 Å². The number of hydrogen-bond donors (Lipinski definition) is 2. The molecule has 13 heteroatoms. The molecule has 1 aliphatic carbocycles. The molecule has 0 bridgehead atoms. The number of aliphatic carboxylic acids is 1. The van der Waals surface area contributed by atoms with Gasteiger partial charge in [-0.05, 0) is 72.1 Å². The van der Waals surface area contributed by atoms with Gasteiger partial charge < -0.3 is 24.5 Å². The molecule has 1 saturated carbocycles. The van der Waals surface area contributed by atoms with Crippen molar-refractivity contribution in [1.29, 1.82) is 0 Å². The van der Waals surface area contributed by atoms with Crippen LogP contribution in [0, 0.1) is 11.3 Å². The van der Waals surface area contributed by atoms with Crippen molar-refractivity contribution in [2.24, 2.45) is 11.3 Å². The van der Waals surface area contributed by atoms with Crippen molar-refractivity contribution in [3.8, 4) is 33.8 Å². The molecule has 5 aromatic rings. The van der Waals surface area contributed by atoms with Crippen LogP contribution in [0.15, 0.2) is 85.2 Å². The number of halogens is 5. The van der Waals surface area contributed by atoms with Gasteiger partial charge in [0.05, 0.1) is 28.8 Å². The smallest absolute Gasteiger partial charge is 0.387 e. The van der Waals surface area contributed by atoms with Gasteiger partial charge in [-0.3, -0.25) is 14.6 Å². The van der Waals surface area contributed by atoms with E-state index in [4.69, 9.17) is 39.5 Å². The number of fused-ring (bicyclic) bond motifs is 1. The van der Waals surface area contributed by atoms with Crippen LogP contribution >= 0.6 is 34.8 Å². The second-order valence-corrected chi connectivity index (χ2v) is 15.0. The summed E-state index contributed by atoms with van der Waals surface area (Å²) in [6.07, 6.45) is 5.68. The van der Waals surface area contributed by atoms with Crippen LogP contribution in [0.3, 0.4) is 0 Å². The van der Waals surface area contributed by atoms with Crippen molar-refractivity contribution in [1.82, 2.24) is 9.55 Å². The number of amides is 1. The number of alkyl halides is 2. The summed E-state index contributed by atoms with van der Waals surface area (Å²) in [5.41, 5.74) is 6.92. The zero-order valence-corrected chi connectivity index (χ0v) is 31.1. The average molecular weight is 783 g/mol. The van der Waals surface area contributed by atoms with E-state index >= 15 is 0 Å². The number of aromatic nitrogens is 2. The van der Waals surface area contributed by atoms with E-state index in [1.807, 2.05) is 42.5 Å². The molecule has 0 spiro atoms. The number of pyridine rings is 1. The lowest BCUT2D eigenvalue weighted by molar-refractivity contribution is -0.136. The molecular weight excluding hydrogens is 747 g/mol. The lowest BCUT2D eigenvalue weighted by atomic mass is 9.86. The summed E-state index contributed by atoms with van der Waals surface area (Å²) < 4.78 is 37.3. The predicted octanol–water partition coefficient (Wildman–Crippen LogP) is 10.7. The number of carbonyl (C=O) groups excluding carboxylic acids is 1. The minimum absolute atomic E-state index is 0.00781. The van der Waals surface area contributed by atoms with Crippen molar-refractivity contribution in [2.75, 3.05) is 11.9 Å². The Morgan fingerprint density at radius 3 is 2.23 bits per heavy atom. The highest BCUT2D eigenvalue weighted by molar-refractivity contribution is 6.39. The summed E-state index contributed by atoms with van der Waals surface area (Å²) in [5, 5.41) is 13.2. The summed E-state index contributed by atoms with van der Waals surface area (Å²) in [4.78, 5) is 27.9. The number of nitrogens with one attached hydrogen (secondary N) is 1. The molecule has 0 saturated heterocycles. The monoisotopic (exact) mass is 781 g/mol. The van der Waals surface area contributed by atoms with Crippen LogP contribution in [-0.4, -0.2) is 39.8 Å². The van der Waals surface area contributed by atoms with Crippen molar-refractivity contribution >= 4 is 52.4 Å². The Bertz CT molecular complexity index is 2100. The summed E-state index contributed by atoms with van der Waals surface area (Å²) in [7, 11) is 0. The van der Waals surface area contributed by atoms with E-state index in [-0.39, 0.29) is 44.6 Å². The Kier molecular flexibility index (Phi) is 11.6. The zero-order valence-electron chi connectivity index (χ0n) is 28.8. The molecule has 0 radical (unpaired) electrons. The molecule has 2 aliphatic rings. The van der Waals surface area contributed by atoms with Gasteiger partial charge >= 0.3 is 12.6 Å². The Morgan fingerprint density at radius 1 is 0.943 bits per heavy atom. The van der Waals surface area contributed by atoms with E-state index in [2.05, 4.69) is 45.6 Å². The molecule has 0 unspecified atom stereocenters. The molecule has 2 aromatic heterocycles. The van der Waals surface area contributed by atoms with E-state index in [9.17, 15) is 23.5 Å². The van der Waals surface area contributed by atoms with E-state index in [0.717, 1.165) is 53.8 Å². The van der Waals surface area contributed by atoms with Gasteiger partial charge in [-0.1, -0.05) is 91.1 Å². The molecule has 2 N–H and O–H groups in total. The second-order valence-electron chi connectivity index (χ2n) is 13.7. The van der Waals surface area contributed by atoms with Crippen molar-refractivity contribution in [3.05, 3.63) is 117 Å². The Hall–Kier alpha value is -4.64. The number of ether oxygens (including phenoxy) is 2. The topological polar surface area (TPSA) is 103 Å². The number of rotatable bonds is 11. The van der Waals surface area contributed by atoms with Crippen molar-refractivity contribution in [2.45, 2.75) is 52.7 Å². The van der Waals surface area contributed by atoms with Gasteiger partial charge in [0.1, 0.15) is 0 Å². The van der Waals surface area contributed by atoms with Gasteiger partial charge in [0.2, 0.25) is 0 Å². The van der Waals surface area contributed by atoms with Gasteiger partial charge in [-0.25, -0.2) is 0 Å². The van der Waals surface area contributed by atoms with Crippen LogP contribution in [0.1, 0.15) is 48.4 Å². The van der Waals surface area contributed by atoms with E-state index in [1.165, 1.54) is 36.3 Å². The molecule has 8 nitrogen and oxygen atoms in total. The van der Waals surface area contributed by atoms with Crippen LogP contribution in [0.5, 0.6) is 11.5 Å². The molecule has 276 valence electrons. The Balaban J connectivity index is 0.000000182. The third-order valence-corrected chi connectivity index (χ3v) is 9.74. The van der Waals surface area contributed by atoms with Gasteiger partial charge in [0, 0.05) is 52.0 Å². The molecule has 0 atom stereocenters. The summed E-state index contributed by atoms with van der Waals surface area (Å²) in [6, 6.07) is 21.9. The highest BCUT2D eigenvalue weighted by Crippen LogP contribution is 2.47. The first kappa shape index (κ1) is 38.1. The second kappa shape index (κ2) is 16.2. The van der Waals surface area contributed by atoms with Crippen LogP contribution in [0.4, 0.5) is 14.5 Å². The number of carboxylic acid groups (broad SMARTS) is 1. The van der Waals surface area contributed by atoms with Gasteiger partial charge in [0.15, 0.2) is 11.5 Å². The first-order chi connectivity index (χ1) is 25.3. The largest absolute Gasteiger partial charge is 0.489 e. The van der Waals surface area contributed by atoms with Crippen LogP contribution < -0.4 is 14.8 Å². The van der Waals surface area contributed by atoms with Gasteiger partial charge in [0.25, 0.3) is 5.91 Å². The molecule has 3 heterocycles. The first-order valence-corrected chi connectivity index (χ1v) is 18.0. The average Bonchev–Trinajstić information content (AvgIpc) is 3.83. The maximum absolute atomic E-state index is 12.6. The number of carboxylic acids is 1. The van der Waals surface area contributed by atoms with E-state index in [0.29, 0.717) is 17.5 Å². The Morgan fingerprint density at radius 2 is 1.60 bits per heavy atom. The molecule has 1 amide bonds. The molecule has 1 fully saturated rings. The van der Waals surface area contributed by atoms with Gasteiger partial charge in [-0.15, -0.1) is 0 Å². The first-order valence-electron chi connectivity index (χ1n) is 16.9. The normalized spacial score (nSPS) is 14.3. The number of anilines is 1. The number of nitrogens with zero attached hydrogens (tertiary/aromatic N) is 2. The standard InChI is InChI=1S/C23H22ClNO2.C17H14Cl2F2N2O3/c1-23(2)13-19-22(15-6-4-3-5-7-15)21(16-8-10-17(24)11-9-16)18(12-20(26)27)25(19)14-23;18-11-6-22-7-12(19)15(11)23-16(24)10-3-4-13(26-17(20)21)14(5-10)25-8-9-1-2-9/h3-11H,12-14H2,1-2H3,(H,26,27);3-7,9,17H,1-2,8H2,(H,22,23,24). The van der Waals surface area contributed by atoms with E-state index < -0.39 is 18.5 Å². The molecule has 3 aromatic carbocycles. The highest BCUT2D eigenvalue weighted by atomic mass is 35.5. The third kappa shape index (κ3) is 9.30. The van der Waals surface area contributed by atoms with Crippen LogP contribution in [0.2, 0.25) is 15.1 Å². The zero-order chi connectivity index (χ0) is 37.9. The number of hydrogen-bond acceptors (Lipinski definition) is 5. The van der Waals surface area contributed by atoms with E-state index in [1.54, 1.807) is 0 Å². The predicted molar refractivity (Wildman–Crippen MR) is 203 cm³/mol. The number of carbonyl (C=O) groups is 2. The fourth-order valence-electron chi connectivity index (χ4n) is 6.37. The summed E-state index contributed by atoms with van der Waals surface area (Å²) in [5.74, 6) is -0.982. The van der Waals surface area contributed by atoms with Crippen molar-refractivity contribution in [3.63, 3.8) is 0 Å². The lowest BCUT2D eigenvalue weighted by Crippen LogP contribution is -2.15. The fraction of sp³-hybridized carbons (Fsp3) is 0.275. The fourth-order valence-corrected chi connectivity index (χ4v) is 6.95. The summed E-state index contributed by atoms with van der Waals surface area (Å²) in [6.45, 7) is 2.69. The molecule has 7 rings (SSSR count). The third-order valence-electron chi connectivity index (χ3n) is 8.91. The maximum Gasteiger partial charge on any atom is 0.387 e. The number of benzene rings is 3. The highest BCUT2D eigenvalue weighted by Gasteiger charge is 2.36. The minimum atomic E-state index is -2.99. The van der Waals surface area contributed by atoms with Gasteiger partial charge in [-0.2, -0.15) is 8.78 Å². The lowest BCUT2D eigenvalue weighted by Gasteiger charge is -2.18.